The number of ketones is 1. The van der Waals surface area contributed by atoms with Crippen LogP contribution in [0.1, 0.15) is 54.3 Å². The van der Waals surface area contributed by atoms with E-state index in [1.165, 1.54) is 5.56 Å². The fourth-order valence-corrected chi connectivity index (χ4v) is 3.29. The molecule has 1 unspecified atom stereocenters. The van der Waals surface area contributed by atoms with Crippen LogP contribution in [-0.2, 0) is 12.8 Å². The molecular formula is C18H22N2O. The molecule has 0 amide bonds. The van der Waals surface area contributed by atoms with Crippen molar-refractivity contribution in [1.82, 2.24) is 9.78 Å². The van der Waals surface area contributed by atoms with Gasteiger partial charge in [0.15, 0.2) is 5.78 Å². The first-order valence-corrected chi connectivity index (χ1v) is 7.89. The maximum Gasteiger partial charge on any atom is 0.166 e. The molecule has 2 aromatic rings. The van der Waals surface area contributed by atoms with Gasteiger partial charge in [-0.25, -0.2) is 0 Å². The summed E-state index contributed by atoms with van der Waals surface area (Å²) in [7, 11) is 0. The van der Waals surface area contributed by atoms with E-state index in [0.717, 1.165) is 36.9 Å². The van der Waals surface area contributed by atoms with Crippen molar-refractivity contribution < 1.29 is 4.79 Å². The van der Waals surface area contributed by atoms with Gasteiger partial charge in [0.05, 0.1) is 11.7 Å². The van der Waals surface area contributed by atoms with Gasteiger partial charge in [0.25, 0.3) is 0 Å². The minimum absolute atomic E-state index is 0.0625. The highest BCUT2D eigenvalue weighted by molar-refractivity contribution is 6.02. The number of fused-ring (bicyclic) bond motifs is 1. The molecule has 0 saturated carbocycles. The molecule has 0 fully saturated rings. The fourth-order valence-electron chi connectivity index (χ4n) is 3.29. The molecule has 1 aliphatic rings. The van der Waals surface area contributed by atoms with E-state index in [1.807, 2.05) is 18.2 Å². The number of hydrogen-bond acceptors (Lipinski definition) is 2. The molecule has 0 spiro atoms. The van der Waals surface area contributed by atoms with Crippen LogP contribution in [0.2, 0.25) is 0 Å². The van der Waals surface area contributed by atoms with Crippen molar-refractivity contribution in [1.29, 1.82) is 0 Å². The Morgan fingerprint density at radius 3 is 2.71 bits per heavy atom. The smallest absolute Gasteiger partial charge is 0.166 e. The summed E-state index contributed by atoms with van der Waals surface area (Å²) >= 11 is 0. The molecule has 3 rings (SSSR count). The zero-order chi connectivity index (χ0) is 14.8. The average Bonchev–Trinajstić information content (AvgIpc) is 3.08. The molecule has 0 bridgehead atoms. The Kier molecular flexibility index (Phi) is 3.91. The first-order valence-electron chi connectivity index (χ1n) is 7.89. The number of nitrogens with zero attached hydrogens (tertiary/aromatic N) is 2. The Bertz CT molecular complexity index is 640. The van der Waals surface area contributed by atoms with Gasteiger partial charge < -0.3 is 0 Å². The topological polar surface area (TPSA) is 34.9 Å². The molecule has 0 radical (unpaired) electrons. The molecule has 1 atom stereocenters. The van der Waals surface area contributed by atoms with Gasteiger partial charge in [-0.1, -0.05) is 38.1 Å². The van der Waals surface area contributed by atoms with Crippen molar-refractivity contribution in [3.05, 3.63) is 53.3 Å². The Labute approximate surface area is 126 Å². The lowest BCUT2D eigenvalue weighted by molar-refractivity contribution is 0.0935. The largest absolute Gasteiger partial charge is 0.294 e. The van der Waals surface area contributed by atoms with Gasteiger partial charge in [-0.3, -0.25) is 9.48 Å². The summed E-state index contributed by atoms with van der Waals surface area (Å²) in [6.45, 7) is 4.37. The second kappa shape index (κ2) is 5.84. The van der Waals surface area contributed by atoms with Crippen molar-refractivity contribution in [2.24, 2.45) is 5.92 Å². The highest BCUT2D eigenvalue weighted by Crippen LogP contribution is 2.28. The quantitative estimate of drug-likeness (QED) is 0.835. The first kappa shape index (κ1) is 14.1. The average molecular weight is 282 g/mol. The van der Waals surface area contributed by atoms with Crippen LogP contribution in [0, 0.1) is 5.92 Å². The molecule has 1 aromatic heterocycles. The predicted molar refractivity (Wildman–Crippen MR) is 83.5 cm³/mol. The number of carbonyl (C=O) groups is 1. The van der Waals surface area contributed by atoms with Crippen molar-refractivity contribution in [2.45, 2.75) is 45.6 Å². The molecule has 21 heavy (non-hydrogen) atoms. The second-order valence-corrected chi connectivity index (χ2v) is 5.88. The molecule has 1 heterocycles. The minimum atomic E-state index is 0.0625. The molecule has 3 nitrogen and oxygen atoms in total. The number of rotatable bonds is 5. The Morgan fingerprint density at radius 1 is 1.24 bits per heavy atom. The lowest BCUT2D eigenvalue weighted by Gasteiger charge is -2.12. The summed E-state index contributed by atoms with van der Waals surface area (Å²) in [5.74, 6) is 0.343. The molecule has 1 aliphatic carbocycles. The standard InChI is InChI=1S/C18H22N2O/c1-3-16(4-2)20-10-9-15(19-20)12-14-11-13-7-5-6-8-17(13)18(14)21/h5-10,14,16H,3-4,11-12H2,1-2H3. The van der Waals surface area contributed by atoms with Crippen molar-refractivity contribution in [3.8, 4) is 0 Å². The van der Waals surface area contributed by atoms with Crippen LogP contribution < -0.4 is 0 Å². The van der Waals surface area contributed by atoms with Gasteiger partial charge in [-0.05, 0) is 30.9 Å². The van der Waals surface area contributed by atoms with Gasteiger partial charge >= 0.3 is 0 Å². The Morgan fingerprint density at radius 2 is 2.00 bits per heavy atom. The van der Waals surface area contributed by atoms with Gasteiger partial charge in [0.1, 0.15) is 0 Å². The SMILES string of the molecule is CCC(CC)n1ccc(CC2Cc3ccccc3C2=O)n1. The lowest BCUT2D eigenvalue weighted by atomic mass is 9.99. The fraction of sp³-hybridized carbons (Fsp3) is 0.444. The predicted octanol–water partition coefficient (Wildman–Crippen LogP) is 3.84. The van der Waals surface area contributed by atoms with Crippen LogP contribution in [0.5, 0.6) is 0 Å². The summed E-state index contributed by atoms with van der Waals surface area (Å²) in [6, 6.07) is 10.5. The number of benzene rings is 1. The summed E-state index contributed by atoms with van der Waals surface area (Å²) in [6.07, 6.45) is 5.84. The third-order valence-electron chi connectivity index (χ3n) is 4.56. The number of Topliss-reactive ketones (excluding diaryl/α,β-unsaturated/α-hetero) is 1. The maximum atomic E-state index is 12.4. The third-order valence-corrected chi connectivity index (χ3v) is 4.56. The van der Waals surface area contributed by atoms with Gasteiger partial charge in [0.2, 0.25) is 0 Å². The summed E-state index contributed by atoms with van der Waals surface area (Å²) in [5.41, 5.74) is 3.13. The van der Waals surface area contributed by atoms with E-state index in [4.69, 9.17) is 0 Å². The van der Waals surface area contributed by atoms with Crippen molar-refractivity contribution in [3.63, 3.8) is 0 Å². The lowest BCUT2D eigenvalue weighted by Crippen LogP contribution is -2.13. The van der Waals surface area contributed by atoms with Crippen LogP contribution in [0.4, 0.5) is 0 Å². The normalized spacial score (nSPS) is 17.5. The van der Waals surface area contributed by atoms with Crippen LogP contribution in [0.25, 0.3) is 0 Å². The number of carbonyl (C=O) groups excluding carboxylic acids is 1. The number of aromatic nitrogens is 2. The van der Waals surface area contributed by atoms with E-state index in [0.29, 0.717) is 6.04 Å². The van der Waals surface area contributed by atoms with Crippen LogP contribution in [0.3, 0.4) is 0 Å². The van der Waals surface area contributed by atoms with Crippen LogP contribution in [0.15, 0.2) is 36.5 Å². The molecule has 0 aliphatic heterocycles. The summed E-state index contributed by atoms with van der Waals surface area (Å²) in [4.78, 5) is 12.4. The first-order chi connectivity index (χ1) is 10.2. The van der Waals surface area contributed by atoms with Crippen molar-refractivity contribution >= 4 is 5.78 Å². The highest BCUT2D eigenvalue weighted by Gasteiger charge is 2.30. The van der Waals surface area contributed by atoms with Crippen LogP contribution >= 0.6 is 0 Å². The number of hydrogen-bond donors (Lipinski definition) is 0. The Balaban J connectivity index is 1.73. The zero-order valence-corrected chi connectivity index (χ0v) is 12.7. The monoisotopic (exact) mass is 282 g/mol. The minimum Gasteiger partial charge on any atom is -0.294 e. The summed E-state index contributed by atoms with van der Waals surface area (Å²) < 4.78 is 2.06. The van der Waals surface area contributed by atoms with Gasteiger partial charge in [-0.15, -0.1) is 0 Å². The molecule has 110 valence electrons. The van der Waals surface area contributed by atoms with Crippen molar-refractivity contribution in [2.75, 3.05) is 0 Å². The maximum absolute atomic E-state index is 12.4. The molecule has 0 saturated heterocycles. The highest BCUT2D eigenvalue weighted by atomic mass is 16.1. The Hall–Kier alpha value is -1.90. The molecular weight excluding hydrogens is 260 g/mol. The van der Waals surface area contributed by atoms with Gasteiger partial charge in [-0.2, -0.15) is 5.10 Å². The van der Waals surface area contributed by atoms with E-state index in [-0.39, 0.29) is 11.7 Å². The van der Waals surface area contributed by atoms with Crippen LogP contribution in [-0.4, -0.2) is 15.6 Å². The third kappa shape index (κ3) is 2.65. The molecule has 1 aromatic carbocycles. The molecule has 3 heteroatoms. The van der Waals surface area contributed by atoms with Gasteiger partial charge in [0, 0.05) is 24.1 Å². The van der Waals surface area contributed by atoms with E-state index < -0.39 is 0 Å². The van der Waals surface area contributed by atoms with E-state index >= 15 is 0 Å². The second-order valence-electron chi connectivity index (χ2n) is 5.88. The summed E-state index contributed by atoms with van der Waals surface area (Å²) in [5, 5.41) is 4.68. The van der Waals surface area contributed by atoms with E-state index in [1.54, 1.807) is 0 Å². The van der Waals surface area contributed by atoms with E-state index in [2.05, 4.69) is 42.0 Å². The van der Waals surface area contributed by atoms with E-state index in [9.17, 15) is 4.79 Å². The molecule has 0 N–H and O–H groups in total. The zero-order valence-electron chi connectivity index (χ0n) is 12.7.